The Kier molecular flexibility index (Phi) is 3.53. The predicted octanol–water partition coefficient (Wildman–Crippen LogP) is 3.16. The molecule has 3 aromatic rings. The zero-order chi connectivity index (χ0) is 16.4. The first-order valence-corrected chi connectivity index (χ1v) is 6.68. The molecule has 112 valence electrons. The van der Waals surface area contributed by atoms with Crippen molar-refractivity contribution < 1.29 is 14.3 Å². The quantitative estimate of drug-likeness (QED) is 0.768. The lowest BCUT2D eigenvalue weighted by Gasteiger charge is -2.08. The molecule has 1 aromatic carbocycles. The molecule has 6 heteroatoms. The summed E-state index contributed by atoms with van der Waals surface area (Å²) in [7, 11) is 0. The number of benzene rings is 1. The van der Waals surface area contributed by atoms with Crippen LogP contribution in [-0.4, -0.2) is 16.1 Å². The Labute approximate surface area is 131 Å². The second-order valence-electron chi connectivity index (χ2n) is 4.79. The SMILES string of the molecule is N#Cc1c(-c2ccco2)cc(-c2ccc(C(=O)O)cc2)nc1N. The molecule has 0 amide bonds. The number of nitrogen functional groups attached to an aromatic ring is 1. The molecule has 0 aliphatic carbocycles. The largest absolute Gasteiger partial charge is 0.478 e. The first-order valence-electron chi connectivity index (χ1n) is 6.68. The minimum absolute atomic E-state index is 0.0960. The van der Waals surface area contributed by atoms with Crippen molar-refractivity contribution in [3.8, 4) is 28.7 Å². The number of pyridine rings is 1. The fraction of sp³-hybridized carbons (Fsp3) is 0. The van der Waals surface area contributed by atoms with Crippen LogP contribution in [0, 0.1) is 11.3 Å². The molecule has 3 N–H and O–H groups in total. The van der Waals surface area contributed by atoms with E-state index in [1.807, 2.05) is 6.07 Å². The molecule has 23 heavy (non-hydrogen) atoms. The number of carbonyl (C=O) groups is 1. The van der Waals surface area contributed by atoms with Crippen molar-refractivity contribution in [2.75, 3.05) is 5.73 Å². The average Bonchev–Trinajstić information content (AvgIpc) is 3.08. The highest BCUT2D eigenvalue weighted by Gasteiger charge is 2.15. The van der Waals surface area contributed by atoms with Crippen molar-refractivity contribution in [3.05, 3.63) is 59.9 Å². The molecule has 2 aromatic heterocycles. The van der Waals surface area contributed by atoms with E-state index in [1.165, 1.54) is 18.4 Å². The van der Waals surface area contributed by atoms with Crippen molar-refractivity contribution in [1.29, 1.82) is 5.26 Å². The maximum atomic E-state index is 10.9. The van der Waals surface area contributed by atoms with Crippen molar-refractivity contribution in [3.63, 3.8) is 0 Å². The zero-order valence-corrected chi connectivity index (χ0v) is 11.9. The highest BCUT2D eigenvalue weighted by atomic mass is 16.4. The zero-order valence-electron chi connectivity index (χ0n) is 11.9. The number of nitrogens with two attached hydrogens (primary N) is 1. The van der Waals surface area contributed by atoms with Crippen LogP contribution < -0.4 is 5.73 Å². The van der Waals surface area contributed by atoms with Crippen LogP contribution in [0.5, 0.6) is 0 Å². The number of furan rings is 1. The van der Waals surface area contributed by atoms with E-state index in [4.69, 9.17) is 15.3 Å². The fourth-order valence-electron chi connectivity index (χ4n) is 2.24. The number of hydrogen-bond donors (Lipinski definition) is 2. The van der Waals surface area contributed by atoms with Gasteiger partial charge < -0.3 is 15.3 Å². The van der Waals surface area contributed by atoms with Crippen molar-refractivity contribution >= 4 is 11.8 Å². The number of aromatic nitrogens is 1. The van der Waals surface area contributed by atoms with Crippen LogP contribution in [0.4, 0.5) is 5.82 Å². The number of nitriles is 1. The molecule has 0 aliphatic rings. The fourth-order valence-corrected chi connectivity index (χ4v) is 2.24. The van der Waals surface area contributed by atoms with Crippen LogP contribution in [0.25, 0.3) is 22.6 Å². The molecule has 0 unspecified atom stereocenters. The van der Waals surface area contributed by atoms with Gasteiger partial charge in [-0.1, -0.05) is 12.1 Å². The number of nitrogens with zero attached hydrogens (tertiary/aromatic N) is 2. The van der Waals surface area contributed by atoms with Crippen LogP contribution in [0.15, 0.2) is 53.1 Å². The van der Waals surface area contributed by atoms with E-state index in [2.05, 4.69) is 4.98 Å². The number of rotatable bonds is 3. The first kappa shape index (κ1) is 14.4. The third-order valence-corrected chi connectivity index (χ3v) is 3.37. The lowest BCUT2D eigenvalue weighted by molar-refractivity contribution is 0.0697. The number of carboxylic acids is 1. The minimum atomic E-state index is -1.000. The third-order valence-electron chi connectivity index (χ3n) is 3.37. The van der Waals surface area contributed by atoms with Gasteiger partial charge in [0, 0.05) is 11.1 Å². The van der Waals surface area contributed by atoms with Crippen LogP contribution in [0.3, 0.4) is 0 Å². The summed E-state index contributed by atoms with van der Waals surface area (Å²) in [6, 6.07) is 13.4. The van der Waals surface area contributed by atoms with E-state index in [0.717, 1.165) is 0 Å². The predicted molar refractivity (Wildman–Crippen MR) is 83.5 cm³/mol. The third kappa shape index (κ3) is 2.63. The van der Waals surface area contributed by atoms with E-state index < -0.39 is 5.97 Å². The van der Waals surface area contributed by atoms with Crippen LogP contribution in [0.2, 0.25) is 0 Å². The van der Waals surface area contributed by atoms with Crippen molar-refractivity contribution in [2.45, 2.75) is 0 Å². The number of anilines is 1. The molecule has 0 radical (unpaired) electrons. The van der Waals surface area contributed by atoms with Gasteiger partial charge >= 0.3 is 5.97 Å². The van der Waals surface area contributed by atoms with Crippen molar-refractivity contribution in [1.82, 2.24) is 4.98 Å². The summed E-state index contributed by atoms with van der Waals surface area (Å²) < 4.78 is 5.35. The van der Waals surface area contributed by atoms with E-state index in [1.54, 1.807) is 30.3 Å². The Morgan fingerprint density at radius 3 is 2.57 bits per heavy atom. The van der Waals surface area contributed by atoms with Gasteiger partial charge in [0.05, 0.1) is 17.5 Å². The molecule has 0 atom stereocenters. The van der Waals surface area contributed by atoms with Gasteiger partial charge in [-0.15, -0.1) is 0 Å². The molecule has 0 saturated carbocycles. The standard InChI is InChI=1S/C17H11N3O3/c18-9-13-12(15-2-1-7-23-15)8-14(20-16(13)19)10-3-5-11(6-4-10)17(21)22/h1-8H,(H2,19,20)(H,21,22). The molecule has 6 nitrogen and oxygen atoms in total. The van der Waals surface area contributed by atoms with Gasteiger partial charge in [-0.2, -0.15) is 5.26 Å². The van der Waals surface area contributed by atoms with Crippen LogP contribution >= 0.6 is 0 Å². The van der Waals surface area contributed by atoms with E-state index in [-0.39, 0.29) is 16.9 Å². The van der Waals surface area contributed by atoms with Gasteiger partial charge in [-0.25, -0.2) is 9.78 Å². The number of hydrogen-bond acceptors (Lipinski definition) is 5. The molecule has 2 heterocycles. The van der Waals surface area contributed by atoms with Gasteiger partial charge in [0.2, 0.25) is 0 Å². The number of carboxylic acid groups (broad SMARTS) is 1. The highest BCUT2D eigenvalue weighted by Crippen LogP contribution is 2.31. The summed E-state index contributed by atoms with van der Waals surface area (Å²) in [5, 5.41) is 18.2. The number of aromatic carboxylic acids is 1. The maximum absolute atomic E-state index is 10.9. The van der Waals surface area contributed by atoms with Crippen molar-refractivity contribution in [2.24, 2.45) is 0 Å². The van der Waals surface area contributed by atoms with E-state index >= 15 is 0 Å². The van der Waals surface area contributed by atoms with Gasteiger partial charge in [0.25, 0.3) is 0 Å². The van der Waals surface area contributed by atoms with E-state index in [9.17, 15) is 10.1 Å². The molecular formula is C17H11N3O3. The molecular weight excluding hydrogens is 294 g/mol. The first-order chi connectivity index (χ1) is 11.1. The Bertz CT molecular complexity index is 908. The van der Waals surface area contributed by atoms with Gasteiger partial charge in [0.1, 0.15) is 23.2 Å². The average molecular weight is 305 g/mol. The summed E-state index contributed by atoms with van der Waals surface area (Å²) in [6.07, 6.45) is 1.51. The monoisotopic (exact) mass is 305 g/mol. The van der Waals surface area contributed by atoms with E-state index in [0.29, 0.717) is 22.6 Å². The molecule has 0 bridgehead atoms. The van der Waals surface area contributed by atoms with Gasteiger partial charge in [-0.3, -0.25) is 0 Å². The topological polar surface area (TPSA) is 113 Å². The minimum Gasteiger partial charge on any atom is -0.478 e. The summed E-state index contributed by atoms with van der Waals surface area (Å²) in [4.78, 5) is 15.1. The molecule has 0 saturated heterocycles. The molecule has 0 fully saturated rings. The van der Waals surface area contributed by atoms with Gasteiger partial charge in [-0.05, 0) is 30.3 Å². The second kappa shape index (κ2) is 5.66. The normalized spacial score (nSPS) is 10.2. The summed E-state index contributed by atoms with van der Waals surface area (Å²) >= 11 is 0. The Morgan fingerprint density at radius 1 is 1.26 bits per heavy atom. The Balaban J connectivity index is 2.14. The summed E-state index contributed by atoms with van der Waals surface area (Å²) in [5.74, 6) is -0.391. The lowest BCUT2D eigenvalue weighted by Crippen LogP contribution is -2.00. The molecule has 3 rings (SSSR count). The van der Waals surface area contributed by atoms with Gasteiger partial charge in [0.15, 0.2) is 0 Å². The van der Waals surface area contributed by atoms with Crippen LogP contribution in [-0.2, 0) is 0 Å². The second-order valence-corrected chi connectivity index (χ2v) is 4.79. The molecule has 0 spiro atoms. The van der Waals surface area contributed by atoms with Crippen LogP contribution in [0.1, 0.15) is 15.9 Å². The summed E-state index contributed by atoms with van der Waals surface area (Å²) in [6.45, 7) is 0. The Morgan fingerprint density at radius 2 is 2.00 bits per heavy atom. The highest BCUT2D eigenvalue weighted by molar-refractivity contribution is 5.88. The maximum Gasteiger partial charge on any atom is 0.335 e. The Hall–Kier alpha value is -3.59. The lowest BCUT2D eigenvalue weighted by atomic mass is 10.0. The smallest absolute Gasteiger partial charge is 0.335 e. The molecule has 0 aliphatic heterocycles. The summed E-state index contributed by atoms with van der Waals surface area (Å²) in [5.41, 5.74) is 8.08.